The second-order valence-corrected chi connectivity index (χ2v) is 6.02. The fourth-order valence-corrected chi connectivity index (χ4v) is 3.14. The largest absolute Gasteiger partial charge is 0.426 e. The summed E-state index contributed by atoms with van der Waals surface area (Å²) >= 11 is 1.40. The zero-order valence-electron chi connectivity index (χ0n) is 12.6. The Morgan fingerprint density at radius 3 is 2.65 bits per heavy atom. The lowest BCUT2D eigenvalue weighted by Gasteiger charge is -2.07. The predicted molar refractivity (Wildman–Crippen MR) is 90.1 cm³/mol. The first-order valence-electron chi connectivity index (χ1n) is 6.99. The molecule has 0 bridgehead atoms. The number of esters is 1. The van der Waals surface area contributed by atoms with E-state index in [0.29, 0.717) is 10.7 Å². The van der Waals surface area contributed by atoms with Gasteiger partial charge < -0.3 is 4.74 Å². The number of carbonyl (C=O) groups excluding carboxylic acids is 2. The molecule has 116 valence electrons. The number of thiazole rings is 1. The van der Waals surface area contributed by atoms with Gasteiger partial charge in [0.05, 0.1) is 15.8 Å². The molecule has 23 heavy (non-hydrogen) atoms. The van der Waals surface area contributed by atoms with Crippen LogP contribution in [-0.2, 0) is 4.79 Å². The third-order valence-electron chi connectivity index (χ3n) is 3.23. The standard InChI is InChI=1S/C17H14N2O3S/c1-10-6-5-9-14-15(10)18-17(23-14)19-16(21)12-7-3-4-8-13(12)22-11(2)20/h3-9H,1-2H3,(H,18,19,21). The Kier molecular flexibility index (Phi) is 4.08. The van der Waals surface area contributed by atoms with Gasteiger partial charge in [-0.05, 0) is 30.7 Å². The third-order valence-corrected chi connectivity index (χ3v) is 4.16. The molecule has 3 rings (SSSR count). The molecule has 1 amide bonds. The van der Waals surface area contributed by atoms with Gasteiger partial charge in [-0.3, -0.25) is 14.9 Å². The van der Waals surface area contributed by atoms with Crippen molar-refractivity contribution < 1.29 is 14.3 Å². The topological polar surface area (TPSA) is 68.3 Å². The van der Waals surface area contributed by atoms with Crippen molar-refractivity contribution in [2.45, 2.75) is 13.8 Å². The van der Waals surface area contributed by atoms with Gasteiger partial charge in [0, 0.05) is 6.92 Å². The molecule has 0 unspecified atom stereocenters. The van der Waals surface area contributed by atoms with Crippen LogP contribution < -0.4 is 10.1 Å². The highest BCUT2D eigenvalue weighted by Crippen LogP contribution is 2.29. The van der Waals surface area contributed by atoms with Gasteiger partial charge in [-0.25, -0.2) is 4.98 Å². The number of rotatable bonds is 3. The molecule has 5 nitrogen and oxygen atoms in total. The molecule has 0 saturated carbocycles. The molecule has 0 atom stereocenters. The molecule has 3 aromatic rings. The average molecular weight is 326 g/mol. The minimum atomic E-state index is -0.471. The number of benzene rings is 2. The van der Waals surface area contributed by atoms with Gasteiger partial charge in [-0.15, -0.1) is 0 Å². The van der Waals surface area contributed by atoms with E-state index in [1.54, 1.807) is 24.3 Å². The number of anilines is 1. The number of amides is 1. The van der Waals surface area contributed by atoms with Crippen LogP contribution in [0.1, 0.15) is 22.8 Å². The Bertz CT molecular complexity index is 902. The summed E-state index contributed by atoms with van der Waals surface area (Å²) < 4.78 is 6.07. The SMILES string of the molecule is CC(=O)Oc1ccccc1C(=O)Nc1nc2c(C)cccc2s1. The summed E-state index contributed by atoms with van der Waals surface area (Å²) in [4.78, 5) is 28.0. The van der Waals surface area contributed by atoms with Crippen molar-refractivity contribution in [1.82, 2.24) is 4.98 Å². The molecule has 1 N–H and O–H groups in total. The lowest BCUT2D eigenvalue weighted by Crippen LogP contribution is -2.14. The van der Waals surface area contributed by atoms with Gasteiger partial charge in [0.15, 0.2) is 5.13 Å². The molecule has 0 aliphatic carbocycles. The number of aromatic nitrogens is 1. The van der Waals surface area contributed by atoms with Crippen molar-refractivity contribution >= 4 is 38.6 Å². The van der Waals surface area contributed by atoms with Gasteiger partial charge in [0.25, 0.3) is 5.91 Å². The van der Waals surface area contributed by atoms with Gasteiger partial charge in [0.1, 0.15) is 5.75 Å². The van der Waals surface area contributed by atoms with Crippen molar-refractivity contribution in [2.75, 3.05) is 5.32 Å². The molecular formula is C17H14N2O3S. The highest BCUT2D eigenvalue weighted by Gasteiger charge is 2.15. The van der Waals surface area contributed by atoms with E-state index in [4.69, 9.17) is 4.74 Å². The molecular weight excluding hydrogens is 312 g/mol. The van der Waals surface area contributed by atoms with Crippen molar-refractivity contribution in [3.63, 3.8) is 0 Å². The smallest absolute Gasteiger partial charge is 0.308 e. The second kappa shape index (κ2) is 6.18. The number of carbonyl (C=O) groups is 2. The van der Waals surface area contributed by atoms with E-state index >= 15 is 0 Å². The van der Waals surface area contributed by atoms with E-state index in [-0.39, 0.29) is 11.7 Å². The van der Waals surface area contributed by atoms with E-state index in [1.807, 2.05) is 25.1 Å². The van der Waals surface area contributed by atoms with Crippen LogP contribution in [0.4, 0.5) is 5.13 Å². The summed E-state index contributed by atoms with van der Waals surface area (Å²) in [6, 6.07) is 12.5. The van der Waals surface area contributed by atoms with Crippen LogP contribution in [-0.4, -0.2) is 16.9 Å². The van der Waals surface area contributed by atoms with E-state index in [9.17, 15) is 9.59 Å². The molecule has 1 heterocycles. The fraction of sp³-hybridized carbons (Fsp3) is 0.118. The number of hydrogen-bond donors (Lipinski definition) is 1. The van der Waals surface area contributed by atoms with Crippen LogP contribution in [0.5, 0.6) is 5.75 Å². The third kappa shape index (κ3) is 3.22. The predicted octanol–water partition coefficient (Wildman–Crippen LogP) is 3.78. The Morgan fingerprint density at radius 2 is 1.91 bits per heavy atom. The minimum absolute atomic E-state index is 0.231. The normalized spacial score (nSPS) is 10.5. The first kappa shape index (κ1) is 15.2. The maximum absolute atomic E-state index is 12.4. The van der Waals surface area contributed by atoms with Crippen LogP contribution in [0, 0.1) is 6.92 Å². The summed E-state index contributed by atoms with van der Waals surface area (Å²) in [6.45, 7) is 3.27. The summed E-state index contributed by atoms with van der Waals surface area (Å²) in [7, 11) is 0. The van der Waals surface area contributed by atoms with Gasteiger partial charge in [-0.2, -0.15) is 0 Å². The molecule has 2 aromatic carbocycles. The number of fused-ring (bicyclic) bond motifs is 1. The highest BCUT2D eigenvalue weighted by atomic mass is 32.1. The number of hydrogen-bond acceptors (Lipinski definition) is 5. The Morgan fingerprint density at radius 1 is 1.13 bits per heavy atom. The lowest BCUT2D eigenvalue weighted by atomic mass is 10.2. The molecule has 0 aliphatic heterocycles. The summed E-state index contributed by atoms with van der Waals surface area (Å²) in [5.74, 6) is -0.603. The van der Waals surface area contributed by atoms with E-state index < -0.39 is 5.97 Å². The number of aryl methyl sites for hydroxylation is 1. The summed E-state index contributed by atoms with van der Waals surface area (Å²) in [5.41, 5.74) is 2.22. The Balaban J connectivity index is 1.89. The van der Waals surface area contributed by atoms with Gasteiger partial charge in [-0.1, -0.05) is 35.6 Å². The van der Waals surface area contributed by atoms with Crippen LogP contribution in [0.2, 0.25) is 0 Å². The second-order valence-electron chi connectivity index (χ2n) is 4.98. The van der Waals surface area contributed by atoms with Gasteiger partial charge in [0.2, 0.25) is 0 Å². The van der Waals surface area contributed by atoms with Crippen LogP contribution >= 0.6 is 11.3 Å². The van der Waals surface area contributed by atoms with Crippen LogP contribution in [0.25, 0.3) is 10.2 Å². The minimum Gasteiger partial charge on any atom is -0.426 e. The molecule has 0 saturated heterocycles. The van der Waals surface area contributed by atoms with Gasteiger partial charge >= 0.3 is 5.97 Å². The first-order valence-corrected chi connectivity index (χ1v) is 7.81. The molecule has 0 aliphatic rings. The zero-order chi connectivity index (χ0) is 16.4. The molecule has 6 heteroatoms. The van der Waals surface area contributed by atoms with Crippen molar-refractivity contribution in [3.8, 4) is 5.75 Å². The number of nitrogens with zero attached hydrogens (tertiary/aromatic N) is 1. The van der Waals surface area contributed by atoms with Crippen LogP contribution in [0.15, 0.2) is 42.5 Å². The summed E-state index contributed by atoms with van der Waals surface area (Å²) in [5, 5.41) is 3.28. The fourth-order valence-electron chi connectivity index (χ4n) is 2.20. The number of nitrogens with one attached hydrogen (secondary N) is 1. The number of ether oxygens (including phenoxy) is 1. The van der Waals surface area contributed by atoms with Crippen molar-refractivity contribution in [1.29, 1.82) is 0 Å². The first-order chi connectivity index (χ1) is 11.0. The lowest BCUT2D eigenvalue weighted by molar-refractivity contribution is -0.131. The maximum Gasteiger partial charge on any atom is 0.308 e. The molecule has 0 fully saturated rings. The molecule has 0 spiro atoms. The zero-order valence-corrected chi connectivity index (χ0v) is 13.4. The van der Waals surface area contributed by atoms with E-state index in [0.717, 1.165) is 15.8 Å². The maximum atomic E-state index is 12.4. The van der Waals surface area contributed by atoms with E-state index in [2.05, 4.69) is 10.3 Å². The highest BCUT2D eigenvalue weighted by molar-refractivity contribution is 7.22. The van der Waals surface area contributed by atoms with Crippen molar-refractivity contribution in [3.05, 3.63) is 53.6 Å². The van der Waals surface area contributed by atoms with Crippen LogP contribution in [0.3, 0.4) is 0 Å². The number of para-hydroxylation sites is 2. The summed E-state index contributed by atoms with van der Waals surface area (Å²) in [6.07, 6.45) is 0. The Hall–Kier alpha value is -2.73. The van der Waals surface area contributed by atoms with E-state index in [1.165, 1.54) is 18.3 Å². The Labute approximate surface area is 136 Å². The quantitative estimate of drug-likeness (QED) is 0.587. The molecule has 1 aromatic heterocycles. The van der Waals surface area contributed by atoms with Crippen molar-refractivity contribution in [2.24, 2.45) is 0 Å². The average Bonchev–Trinajstić information content (AvgIpc) is 2.91. The molecule has 0 radical (unpaired) electrons. The monoisotopic (exact) mass is 326 g/mol.